The molecule has 1 N–H and O–H groups in total. The number of nitrogens with zero attached hydrogens (tertiary/aromatic N) is 2. The second-order valence-electron chi connectivity index (χ2n) is 6.37. The van der Waals surface area contributed by atoms with Gasteiger partial charge in [-0.15, -0.1) is 0 Å². The van der Waals surface area contributed by atoms with Gasteiger partial charge in [0.2, 0.25) is 0 Å². The zero-order valence-electron chi connectivity index (χ0n) is 15.2. The minimum absolute atomic E-state index is 0.341. The summed E-state index contributed by atoms with van der Waals surface area (Å²) in [7, 11) is 0. The predicted molar refractivity (Wildman–Crippen MR) is 117 cm³/mol. The summed E-state index contributed by atoms with van der Waals surface area (Å²) in [4.78, 5) is 7.66. The van der Waals surface area contributed by atoms with Crippen LogP contribution in [0.2, 0.25) is 10.0 Å². The number of ether oxygens (including phenoxy) is 1. The van der Waals surface area contributed by atoms with Gasteiger partial charge in [-0.3, -0.25) is 0 Å². The fourth-order valence-corrected chi connectivity index (χ4v) is 3.32. The number of rotatable bonds is 5. The topological polar surface area (TPSA) is 61.7 Å². The molecule has 1 aromatic heterocycles. The van der Waals surface area contributed by atoms with Crippen LogP contribution in [0.4, 0.5) is 0 Å². The maximum atomic E-state index is 9.55. The molecule has 0 atom stereocenters. The van der Waals surface area contributed by atoms with Crippen LogP contribution in [0, 0.1) is 11.3 Å². The molecule has 0 aliphatic rings. The van der Waals surface area contributed by atoms with Crippen LogP contribution in [0.25, 0.3) is 22.7 Å². The second kappa shape index (κ2) is 8.40. The molecule has 4 rings (SSSR count). The number of H-pyrrole nitrogens is 1. The van der Waals surface area contributed by atoms with E-state index < -0.39 is 0 Å². The van der Waals surface area contributed by atoms with Gasteiger partial charge in [-0.2, -0.15) is 5.26 Å². The normalized spacial score (nSPS) is 11.4. The number of aromatic amines is 1. The lowest BCUT2D eigenvalue weighted by Crippen LogP contribution is -1.96. The molecule has 0 bridgehead atoms. The highest BCUT2D eigenvalue weighted by atomic mass is 35.5. The Morgan fingerprint density at radius 3 is 2.59 bits per heavy atom. The highest BCUT2D eigenvalue weighted by molar-refractivity contribution is 6.35. The van der Waals surface area contributed by atoms with Crippen LogP contribution in [0.5, 0.6) is 5.75 Å². The molecule has 3 aromatic carbocycles. The lowest BCUT2D eigenvalue weighted by atomic mass is 10.1. The first-order chi connectivity index (χ1) is 14.1. The van der Waals surface area contributed by atoms with Crippen LogP contribution in [0.1, 0.15) is 17.0 Å². The molecular weight excluding hydrogens is 405 g/mol. The Morgan fingerprint density at radius 2 is 1.86 bits per heavy atom. The molecule has 0 spiro atoms. The molecule has 0 aliphatic carbocycles. The van der Waals surface area contributed by atoms with E-state index in [4.69, 9.17) is 27.9 Å². The van der Waals surface area contributed by atoms with Gasteiger partial charge in [-0.05, 0) is 48.0 Å². The summed E-state index contributed by atoms with van der Waals surface area (Å²) in [5.74, 6) is 1.25. The summed E-state index contributed by atoms with van der Waals surface area (Å²) in [5.41, 5.74) is 3.92. The first-order valence-electron chi connectivity index (χ1n) is 8.86. The fraction of sp³-hybridized carbons (Fsp3) is 0.0435. The van der Waals surface area contributed by atoms with Crippen molar-refractivity contribution in [2.45, 2.75) is 6.61 Å². The van der Waals surface area contributed by atoms with E-state index in [2.05, 4.69) is 16.0 Å². The van der Waals surface area contributed by atoms with E-state index >= 15 is 0 Å². The van der Waals surface area contributed by atoms with Gasteiger partial charge in [0.15, 0.2) is 0 Å². The molecule has 0 unspecified atom stereocenters. The number of hydrogen-bond donors (Lipinski definition) is 1. The number of benzene rings is 3. The second-order valence-corrected chi connectivity index (χ2v) is 7.21. The third-order valence-electron chi connectivity index (χ3n) is 4.37. The molecule has 4 aromatic rings. The van der Waals surface area contributed by atoms with Crippen molar-refractivity contribution < 1.29 is 4.74 Å². The van der Waals surface area contributed by atoms with Gasteiger partial charge in [-0.1, -0.05) is 53.5 Å². The molecule has 29 heavy (non-hydrogen) atoms. The summed E-state index contributed by atoms with van der Waals surface area (Å²) in [5, 5.41) is 10.7. The molecular formula is C23H15Cl2N3O. The van der Waals surface area contributed by atoms with E-state index in [1.807, 2.05) is 54.6 Å². The Balaban J connectivity index is 1.49. The Morgan fingerprint density at radius 1 is 1.07 bits per heavy atom. The quantitative estimate of drug-likeness (QED) is 0.374. The standard InChI is InChI=1S/C23H15Cl2N3O/c24-18-8-7-16(20(25)12-18)14-29-19-9-5-15(6-10-19)11-17(13-26)23-27-21-3-1-2-4-22(21)28-23/h1-12H,14H2,(H,27,28)/b17-11+. The van der Waals surface area contributed by atoms with Crippen molar-refractivity contribution in [2.24, 2.45) is 0 Å². The number of imidazole rings is 1. The third-order valence-corrected chi connectivity index (χ3v) is 4.95. The number of nitriles is 1. The van der Waals surface area contributed by atoms with E-state index in [0.29, 0.717) is 33.8 Å². The minimum atomic E-state index is 0.341. The molecule has 0 aliphatic heterocycles. The van der Waals surface area contributed by atoms with Gasteiger partial charge in [0.05, 0.1) is 16.6 Å². The molecule has 1 heterocycles. The van der Waals surface area contributed by atoms with Crippen molar-refractivity contribution in [3.63, 3.8) is 0 Å². The number of aromatic nitrogens is 2. The summed E-state index contributed by atoms with van der Waals surface area (Å²) in [6.07, 6.45) is 1.79. The van der Waals surface area contributed by atoms with Gasteiger partial charge in [-0.25, -0.2) is 4.98 Å². The van der Waals surface area contributed by atoms with E-state index in [1.54, 1.807) is 18.2 Å². The summed E-state index contributed by atoms with van der Waals surface area (Å²) >= 11 is 12.1. The van der Waals surface area contributed by atoms with Crippen LogP contribution >= 0.6 is 23.2 Å². The third kappa shape index (κ3) is 4.43. The summed E-state index contributed by atoms with van der Waals surface area (Å²) in [6, 6.07) is 22.7. The Hall–Kier alpha value is -3.26. The maximum absolute atomic E-state index is 9.55. The molecule has 6 heteroatoms. The molecule has 142 valence electrons. The van der Waals surface area contributed by atoms with Crippen LogP contribution < -0.4 is 4.74 Å². The van der Waals surface area contributed by atoms with Crippen molar-refractivity contribution in [1.29, 1.82) is 5.26 Å². The fourth-order valence-electron chi connectivity index (χ4n) is 2.86. The van der Waals surface area contributed by atoms with E-state index in [9.17, 15) is 5.26 Å². The zero-order valence-corrected chi connectivity index (χ0v) is 16.7. The lowest BCUT2D eigenvalue weighted by Gasteiger charge is -2.08. The van der Waals surface area contributed by atoms with Crippen LogP contribution in [-0.4, -0.2) is 9.97 Å². The predicted octanol–water partition coefficient (Wildman–Crippen LogP) is 6.51. The van der Waals surface area contributed by atoms with Crippen molar-refractivity contribution in [3.8, 4) is 11.8 Å². The number of para-hydroxylation sites is 2. The average molecular weight is 420 g/mol. The minimum Gasteiger partial charge on any atom is -0.489 e. The number of hydrogen-bond acceptors (Lipinski definition) is 3. The lowest BCUT2D eigenvalue weighted by molar-refractivity contribution is 0.306. The molecule has 4 nitrogen and oxygen atoms in total. The first-order valence-corrected chi connectivity index (χ1v) is 9.62. The van der Waals surface area contributed by atoms with Crippen LogP contribution in [0.3, 0.4) is 0 Å². The number of allylic oxidation sites excluding steroid dienone is 1. The molecule has 0 radical (unpaired) electrons. The van der Waals surface area contributed by atoms with Gasteiger partial charge < -0.3 is 9.72 Å². The summed E-state index contributed by atoms with van der Waals surface area (Å²) in [6.45, 7) is 0.341. The van der Waals surface area contributed by atoms with Crippen molar-refractivity contribution in [3.05, 3.63) is 93.7 Å². The zero-order chi connectivity index (χ0) is 20.2. The van der Waals surface area contributed by atoms with Crippen molar-refractivity contribution in [2.75, 3.05) is 0 Å². The van der Waals surface area contributed by atoms with Crippen LogP contribution in [-0.2, 0) is 6.61 Å². The molecule has 0 saturated carbocycles. The van der Waals surface area contributed by atoms with E-state index in [-0.39, 0.29) is 0 Å². The largest absolute Gasteiger partial charge is 0.489 e. The first kappa shape index (κ1) is 19.1. The number of fused-ring (bicyclic) bond motifs is 1. The SMILES string of the molecule is N#C/C(=C\c1ccc(OCc2ccc(Cl)cc2Cl)cc1)c1nc2ccccc2[nH]1. The maximum Gasteiger partial charge on any atom is 0.149 e. The molecule has 0 amide bonds. The van der Waals surface area contributed by atoms with Crippen molar-refractivity contribution in [1.82, 2.24) is 9.97 Å². The number of halogens is 2. The van der Waals surface area contributed by atoms with Gasteiger partial charge >= 0.3 is 0 Å². The van der Waals surface area contributed by atoms with Gasteiger partial charge in [0.25, 0.3) is 0 Å². The van der Waals surface area contributed by atoms with Gasteiger partial charge in [0, 0.05) is 15.6 Å². The Labute approximate surface area is 178 Å². The van der Waals surface area contributed by atoms with E-state index in [1.165, 1.54) is 0 Å². The van der Waals surface area contributed by atoms with E-state index in [0.717, 1.165) is 22.2 Å². The number of nitrogens with one attached hydrogen (secondary N) is 1. The Bertz CT molecular complexity index is 1200. The summed E-state index contributed by atoms with van der Waals surface area (Å²) < 4.78 is 5.79. The average Bonchev–Trinajstić information content (AvgIpc) is 3.16. The monoisotopic (exact) mass is 419 g/mol. The highest BCUT2D eigenvalue weighted by Crippen LogP contribution is 2.24. The smallest absolute Gasteiger partial charge is 0.149 e. The van der Waals surface area contributed by atoms with Gasteiger partial charge in [0.1, 0.15) is 24.3 Å². The Kier molecular flexibility index (Phi) is 5.53. The molecule has 0 saturated heterocycles. The van der Waals surface area contributed by atoms with Crippen molar-refractivity contribution >= 4 is 45.9 Å². The van der Waals surface area contributed by atoms with Crippen LogP contribution in [0.15, 0.2) is 66.7 Å². The molecule has 0 fully saturated rings. The highest BCUT2D eigenvalue weighted by Gasteiger charge is 2.08.